The minimum absolute atomic E-state index is 0.151. The van der Waals surface area contributed by atoms with E-state index in [1.54, 1.807) is 25.3 Å². The van der Waals surface area contributed by atoms with Crippen molar-refractivity contribution in [2.24, 2.45) is 0 Å². The third-order valence-electron chi connectivity index (χ3n) is 3.49. The topological polar surface area (TPSA) is 61.9 Å². The summed E-state index contributed by atoms with van der Waals surface area (Å²) in [4.78, 5) is 2.10. The molecule has 0 radical (unpaired) electrons. The average Bonchev–Trinajstić information content (AvgIpc) is 2.46. The van der Waals surface area contributed by atoms with Crippen LogP contribution in [0.1, 0.15) is 5.56 Å². The van der Waals surface area contributed by atoms with E-state index in [1.165, 1.54) is 4.31 Å². The second kappa shape index (κ2) is 6.93. The molecule has 0 unspecified atom stereocenters. The summed E-state index contributed by atoms with van der Waals surface area (Å²) in [6.07, 6.45) is 0. The van der Waals surface area contributed by atoms with E-state index in [9.17, 15) is 8.42 Å². The molecular formula is C13H20ClN3O3S. The van der Waals surface area contributed by atoms with Gasteiger partial charge < -0.3 is 9.64 Å². The maximum absolute atomic E-state index is 12.3. The highest BCUT2D eigenvalue weighted by molar-refractivity contribution is 7.87. The van der Waals surface area contributed by atoms with Crippen molar-refractivity contribution in [1.82, 2.24) is 13.9 Å². The lowest BCUT2D eigenvalue weighted by molar-refractivity contribution is 0.221. The Morgan fingerprint density at radius 2 is 1.95 bits per heavy atom. The van der Waals surface area contributed by atoms with Gasteiger partial charge in [-0.3, -0.25) is 0 Å². The summed E-state index contributed by atoms with van der Waals surface area (Å²) in [6, 6.07) is 5.13. The zero-order valence-electron chi connectivity index (χ0n) is 12.2. The Balaban J connectivity index is 2.03. The van der Waals surface area contributed by atoms with Gasteiger partial charge in [0.15, 0.2) is 0 Å². The maximum atomic E-state index is 12.3. The standard InChI is InChI=1S/C13H20ClN3O3S/c1-16-5-7-17(8-6-16)21(18,19)15-10-11-9-12(14)3-4-13(11)20-2/h3-4,9,15H,5-8,10H2,1-2H3. The van der Waals surface area contributed by atoms with Gasteiger partial charge >= 0.3 is 0 Å². The molecule has 0 amide bonds. The summed E-state index contributed by atoms with van der Waals surface area (Å²) in [5.74, 6) is 0.612. The Morgan fingerprint density at radius 3 is 2.57 bits per heavy atom. The summed E-state index contributed by atoms with van der Waals surface area (Å²) < 4.78 is 33.8. The van der Waals surface area contributed by atoms with Crippen molar-refractivity contribution in [3.63, 3.8) is 0 Å². The lowest BCUT2D eigenvalue weighted by Gasteiger charge is -2.31. The Morgan fingerprint density at radius 1 is 1.29 bits per heavy atom. The van der Waals surface area contributed by atoms with Crippen molar-refractivity contribution in [2.45, 2.75) is 6.54 Å². The zero-order valence-corrected chi connectivity index (χ0v) is 13.7. The largest absolute Gasteiger partial charge is 0.496 e. The van der Waals surface area contributed by atoms with E-state index < -0.39 is 10.2 Å². The molecule has 1 aliphatic heterocycles. The molecule has 0 spiro atoms. The fraction of sp³-hybridized carbons (Fsp3) is 0.538. The van der Waals surface area contributed by atoms with Crippen LogP contribution >= 0.6 is 11.6 Å². The monoisotopic (exact) mass is 333 g/mol. The van der Waals surface area contributed by atoms with Gasteiger partial charge in [0.1, 0.15) is 5.75 Å². The molecule has 1 aromatic carbocycles. The number of hydrogen-bond acceptors (Lipinski definition) is 4. The number of likely N-dealkylation sites (N-methyl/N-ethyl adjacent to an activating group) is 1. The second-order valence-electron chi connectivity index (χ2n) is 4.98. The molecule has 1 aliphatic rings. The average molecular weight is 334 g/mol. The Kier molecular flexibility index (Phi) is 5.45. The van der Waals surface area contributed by atoms with Crippen LogP contribution in [0.25, 0.3) is 0 Å². The number of rotatable bonds is 5. The molecule has 21 heavy (non-hydrogen) atoms. The smallest absolute Gasteiger partial charge is 0.279 e. The molecule has 6 nitrogen and oxygen atoms in total. The van der Waals surface area contributed by atoms with E-state index in [2.05, 4.69) is 9.62 Å². The first-order chi connectivity index (χ1) is 9.92. The quantitative estimate of drug-likeness (QED) is 0.871. The summed E-state index contributed by atoms with van der Waals surface area (Å²) in [5, 5.41) is 0.546. The number of halogens is 1. The van der Waals surface area contributed by atoms with Crippen molar-refractivity contribution < 1.29 is 13.2 Å². The SMILES string of the molecule is COc1ccc(Cl)cc1CNS(=O)(=O)N1CCN(C)CC1. The molecular weight excluding hydrogens is 314 g/mol. The minimum atomic E-state index is -3.48. The van der Waals surface area contributed by atoms with E-state index >= 15 is 0 Å². The van der Waals surface area contributed by atoms with Crippen LogP contribution in [-0.2, 0) is 16.8 Å². The second-order valence-corrected chi connectivity index (χ2v) is 7.18. The molecule has 0 bridgehead atoms. The first kappa shape index (κ1) is 16.5. The van der Waals surface area contributed by atoms with Crippen molar-refractivity contribution >= 4 is 21.8 Å². The van der Waals surface area contributed by atoms with Gasteiger partial charge in [-0.2, -0.15) is 17.4 Å². The number of benzene rings is 1. The summed E-state index contributed by atoms with van der Waals surface area (Å²) >= 11 is 5.94. The maximum Gasteiger partial charge on any atom is 0.279 e. The van der Waals surface area contributed by atoms with Crippen LogP contribution in [0.15, 0.2) is 18.2 Å². The molecule has 1 saturated heterocycles. The highest BCUT2D eigenvalue weighted by Crippen LogP contribution is 2.22. The van der Waals surface area contributed by atoms with E-state index in [1.807, 2.05) is 7.05 Å². The van der Waals surface area contributed by atoms with Crippen LogP contribution in [0.5, 0.6) is 5.75 Å². The van der Waals surface area contributed by atoms with Crippen LogP contribution in [0.3, 0.4) is 0 Å². The zero-order chi connectivity index (χ0) is 15.5. The van der Waals surface area contributed by atoms with Crippen molar-refractivity contribution in [3.05, 3.63) is 28.8 Å². The number of nitrogens with zero attached hydrogens (tertiary/aromatic N) is 2. The van der Waals surface area contributed by atoms with E-state index in [4.69, 9.17) is 16.3 Å². The van der Waals surface area contributed by atoms with Crippen LogP contribution in [0.4, 0.5) is 0 Å². The molecule has 1 fully saturated rings. The van der Waals surface area contributed by atoms with E-state index in [-0.39, 0.29) is 6.54 Å². The first-order valence-electron chi connectivity index (χ1n) is 6.68. The third kappa shape index (κ3) is 4.31. The number of methoxy groups -OCH3 is 1. The van der Waals surface area contributed by atoms with Gasteiger partial charge in [0, 0.05) is 43.3 Å². The van der Waals surface area contributed by atoms with Crippen LogP contribution in [0, 0.1) is 0 Å². The van der Waals surface area contributed by atoms with Gasteiger partial charge in [-0.25, -0.2) is 0 Å². The number of ether oxygens (including phenoxy) is 1. The molecule has 1 N–H and O–H groups in total. The van der Waals surface area contributed by atoms with Gasteiger partial charge in [-0.1, -0.05) is 11.6 Å². The molecule has 8 heteroatoms. The number of nitrogens with one attached hydrogen (secondary N) is 1. The van der Waals surface area contributed by atoms with Crippen LogP contribution < -0.4 is 9.46 Å². The number of hydrogen-bond donors (Lipinski definition) is 1. The van der Waals surface area contributed by atoms with Crippen molar-refractivity contribution in [2.75, 3.05) is 40.3 Å². The molecule has 1 heterocycles. The lowest BCUT2D eigenvalue weighted by Crippen LogP contribution is -2.50. The summed E-state index contributed by atoms with van der Waals surface area (Å²) in [6.45, 7) is 2.62. The Labute approximate surface area is 130 Å². The molecule has 0 aromatic heterocycles. The molecule has 0 saturated carbocycles. The first-order valence-corrected chi connectivity index (χ1v) is 8.50. The fourth-order valence-corrected chi connectivity index (χ4v) is 3.53. The molecule has 118 valence electrons. The fourth-order valence-electron chi connectivity index (χ4n) is 2.17. The van der Waals surface area contributed by atoms with E-state index in [0.717, 1.165) is 13.1 Å². The molecule has 2 rings (SSSR count). The summed E-state index contributed by atoms with van der Waals surface area (Å²) in [7, 11) is 0.0390. The predicted octanol–water partition coefficient (Wildman–Crippen LogP) is 0.930. The normalized spacial score (nSPS) is 17.9. The van der Waals surface area contributed by atoms with Gasteiger partial charge in [0.25, 0.3) is 10.2 Å². The lowest BCUT2D eigenvalue weighted by atomic mass is 10.2. The number of piperazine rings is 1. The third-order valence-corrected chi connectivity index (χ3v) is 5.28. The highest BCUT2D eigenvalue weighted by Gasteiger charge is 2.25. The Hall–Kier alpha value is -0.860. The predicted molar refractivity (Wildman–Crippen MR) is 82.8 cm³/mol. The van der Waals surface area contributed by atoms with Gasteiger partial charge in [-0.15, -0.1) is 0 Å². The molecule has 1 aromatic rings. The van der Waals surface area contributed by atoms with Gasteiger partial charge in [-0.05, 0) is 25.2 Å². The van der Waals surface area contributed by atoms with E-state index in [0.29, 0.717) is 29.4 Å². The molecule has 0 aliphatic carbocycles. The van der Waals surface area contributed by atoms with Crippen LogP contribution in [0.2, 0.25) is 5.02 Å². The van der Waals surface area contributed by atoms with Gasteiger partial charge in [0.05, 0.1) is 7.11 Å². The molecule has 0 atom stereocenters. The van der Waals surface area contributed by atoms with Crippen LogP contribution in [-0.4, -0.2) is 58.0 Å². The Bertz CT molecular complexity index is 586. The van der Waals surface area contributed by atoms with Gasteiger partial charge in [0.2, 0.25) is 0 Å². The van der Waals surface area contributed by atoms with Crippen molar-refractivity contribution in [3.8, 4) is 5.75 Å². The highest BCUT2D eigenvalue weighted by atomic mass is 35.5. The minimum Gasteiger partial charge on any atom is -0.496 e. The summed E-state index contributed by atoms with van der Waals surface area (Å²) in [5.41, 5.74) is 0.711. The van der Waals surface area contributed by atoms with Crippen molar-refractivity contribution in [1.29, 1.82) is 0 Å².